The van der Waals surface area contributed by atoms with Crippen molar-refractivity contribution in [3.05, 3.63) is 76.6 Å². The molecule has 0 bridgehead atoms. The summed E-state index contributed by atoms with van der Waals surface area (Å²) in [5.74, 6) is 2.45. The van der Waals surface area contributed by atoms with Gasteiger partial charge in [0.1, 0.15) is 23.5 Å². The van der Waals surface area contributed by atoms with E-state index < -0.39 is 5.63 Å². The first-order valence-electron chi connectivity index (χ1n) is 11.9. The summed E-state index contributed by atoms with van der Waals surface area (Å²) in [5, 5.41) is 3.55. The number of rotatable bonds is 10. The Balaban J connectivity index is 0.000000212. The van der Waals surface area contributed by atoms with Crippen LogP contribution in [-0.4, -0.2) is 47.8 Å². The van der Waals surface area contributed by atoms with Gasteiger partial charge in [-0.25, -0.2) is 4.79 Å². The quantitative estimate of drug-likeness (QED) is 0.173. The van der Waals surface area contributed by atoms with Gasteiger partial charge < -0.3 is 34.4 Å². The smallest absolute Gasteiger partial charge is 0.359 e. The number of carbonyl (C=O) groups excluding carboxylic acids is 1. The first kappa shape index (κ1) is 28.1. The van der Waals surface area contributed by atoms with Crippen LogP contribution in [0.4, 0.5) is 5.69 Å². The van der Waals surface area contributed by atoms with E-state index in [1.54, 1.807) is 51.6 Å². The minimum absolute atomic E-state index is 0.377. The highest BCUT2D eigenvalue weighted by Gasteiger charge is 2.14. The van der Waals surface area contributed by atoms with E-state index in [9.17, 15) is 9.59 Å². The lowest BCUT2D eigenvalue weighted by molar-refractivity contribution is 0.112. The zero-order valence-corrected chi connectivity index (χ0v) is 21.9. The van der Waals surface area contributed by atoms with Gasteiger partial charge >= 0.3 is 5.63 Å². The van der Waals surface area contributed by atoms with Crippen molar-refractivity contribution in [1.29, 1.82) is 0 Å². The van der Waals surface area contributed by atoms with E-state index in [1.165, 1.54) is 7.11 Å². The monoisotopic (exact) mass is 520 g/mol. The maximum absolute atomic E-state index is 11.8. The van der Waals surface area contributed by atoms with Crippen LogP contribution in [0.5, 0.6) is 23.0 Å². The second-order valence-corrected chi connectivity index (χ2v) is 8.01. The Morgan fingerprint density at radius 2 is 1.74 bits per heavy atom. The van der Waals surface area contributed by atoms with Crippen molar-refractivity contribution in [3.8, 4) is 34.1 Å². The second-order valence-electron chi connectivity index (χ2n) is 8.01. The fourth-order valence-electron chi connectivity index (χ4n) is 3.70. The molecule has 3 aromatic carbocycles. The van der Waals surface area contributed by atoms with Gasteiger partial charge in [-0.2, -0.15) is 0 Å². The summed E-state index contributed by atoms with van der Waals surface area (Å²) in [6.45, 7) is 1.04. The van der Waals surface area contributed by atoms with Gasteiger partial charge in [0, 0.05) is 23.6 Å². The molecule has 0 amide bonds. The van der Waals surface area contributed by atoms with Gasteiger partial charge in [0.15, 0.2) is 11.3 Å². The minimum atomic E-state index is -0.447. The lowest BCUT2D eigenvalue weighted by atomic mass is 10.0. The number of anilines is 1. The topological polar surface area (TPSA) is 122 Å². The van der Waals surface area contributed by atoms with E-state index in [4.69, 9.17) is 29.1 Å². The molecule has 0 unspecified atom stereocenters. The number of nitrogens with one attached hydrogen (secondary N) is 1. The molecule has 200 valence electrons. The number of hydrogen-bond donors (Lipinski definition) is 2. The highest BCUT2D eigenvalue weighted by atomic mass is 16.5. The van der Waals surface area contributed by atoms with Crippen molar-refractivity contribution in [2.24, 2.45) is 5.73 Å². The molecule has 0 radical (unpaired) electrons. The van der Waals surface area contributed by atoms with Crippen LogP contribution in [0.3, 0.4) is 0 Å². The fourth-order valence-corrected chi connectivity index (χ4v) is 3.70. The third-order valence-electron chi connectivity index (χ3n) is 5.64. The van der Waals surface area contributed by atoms with Gasteiger partial charge in [0.2, 0.25) is 5.75 Å². The van der Waals surface area contributed by atoms with Crippen molar-refractivity contribution < 1.29 is 28.2 Å². The van der Waals surface area contributed by atoms with Crippen LogP contribution in [0.2, 0.25) is 0 Å². The van der Waals surface area contributed by atoms with Crippen molar-refractivity contribution >= 4 is 22.9 Å². The third kappa shape index (κ3) is 6.63. The van der Waals surface area contributed by atoms with Gasteiger partial charge in [0.05, 0.1) is 27.9 Å². The third-order valence-corrected chi connectivity index (χ3v) is 5.64. The average Bonchev–Trinajstić information content (AvgIpc) is 2.96. The number of ether oxygens (including phenoxy) is 4. The standard InChI is InChI=1S/C15H14O3.C14H18N2O4/c1-17-13-5-3-4-12(9-13)14-8-11(10-16)6-7-15(14)18-2;1-16-10-8-9-4-5-11(19-7-3-6-15)13(18-2)12(9)20-14(10)17/h3-10H,1-2H3;4-5,8,16H,3,6-7,15H2,1-2H3. The number of benzene rings is 3. The Bertz CT molecular complexity index is 1430. The van der Waals surface area contributed by atoms with E-state index in [1.807, 2.05) is 30.3 Å². The SMILES string of the molecule is CNc1cc2ccc(OCCCN)c(OC)c2oc1=O.COc1cccc(-c2cc(C=O)ccc2OC)c1. The van der Waals surface area contributed by atoms with E-state index >= 15 is 0 Å². The van der Waals surface area contributed by atoms with Crippen molar-refractivity contribution in [2.75, 3.05) is 46.8 Å². The van der Waals surface area contributed by atoms with Gasteiger partial charge in [-0.05, 0) is 67.1 Å². The lowest BCUT2D eigenvalue weighted by Gasteiger charge is -2.12. The van der Waals surface area contributed by atoms with Crippen molar-refractivity contribution in [3.63, 3.8) is 0 Å². The zero-order valence-electron chi connectivity index (χ0n) is 21.9. The molecule has 0 aliphatic rings. The molecule has 4 aromatic rings. The van der Waals surface area contributed by atoms with Crippen LogP contribution in [0.1, 0.15) is 16.8 Å². The number of hydrogen-bond acceptors (Lipinski definition) is 9. The van der Waals surface area contributed by atoms with Gasteiger partial charge in [0.25, 0.3) is 0 Å². The van der Waals surface area contributed by atoms with Gasteiger partial charge in [-0.1, -0.05) is 12.1 Å². The first-order chi connectivity index (χ1) is 18.5. The highest BCUT2D eigenvalue weighted by molar-refractivity contribution is 5.87. The number of carbonyl (C=O) groups is 1. The molecule has 0 aliphatic heterocycles. The van der Waals surface area contributed by atoms with E-state index in [2.05, 4.69) is 5.32 Å². The fraction of sp³-hybridized carbons (Fsp3) is 0.241. The molecule has 3 N–H and O–H groups in total. The largest absolute Gasteiger partial charge is 0.497 e. The molecule has 38 heavy (non-hydrogen) atoms. The Morgan fingerprint density at radius 1 is 0.947 bits per heavy atom. The number of nitrogens with two attached hydrogens (primary N) is 1. The highest BCUT2D eigenvalue weighted by Crippen LogP contribution is 2.36. The van der Waals surface area contributed by atoms with E-state index in [-0.39, 0.29) is 0 Å². The van der Waals surface area contributed by atoms with Gasteiger partial charge in [-0.3, -0.25) is 4.79 Å². The molecule has 0 saturated carbocycles. The first-order valence-corrected chi connectivity index (χ1v) is 11.9. The number of fused-ring (bicyclic) bond motifs is 1. The van der Waals surface area contributed by atoms with Crippen LogP contribution in [0.15, 0.2) is 69.9 Å². The predicted octanol–water partition coefficient (Wildman–Crippen LogP) is 4.75. The molecule has 4 rings (SSSR count). The molecule has 9 heteroatoms. The van der Waals surface area contributed by atoms with Crippen LogP contribution in [-0.2, 0) is 0 Å². The lowest BCUT2D eigenvalue weighted by Crippen LogP contribution is -2.08. The Morgan fingerprint density at radius 3 is 2.39 bits per heavy atom. The van der Waals surface area contributed by atoms with E-state index in [0.29, 0.717) is 41.5 Å². The summed E-state index contributed by atoms with van der Waals surface area (Å²) < 4.78 is 26.7. The van der Waals surface area contributed by atoms with Crippen molar-refractivity contribution in [1.82, 2.24) is 0 Å². The van der Waals surface area contributed by atoms with Crippen LogP contribution >= 0.6 is 0 Å². The number of methoxy groups -OCH3 is 3. The van der Waals surface area contributed by atoms with Crippen LogP contribution in [0.25, 0.3) is 22.1 Å². The maximum Gasteiger partial charge on any atom is 0.359 e. The molecular formula is C29H32N2O7. The van der Waals surface area contributed by atoms with Crippen LogP contribution < -0.4 is 35.6 Å². The Hall–Kier alpha value is -4.50. The molecule has 0 atom stereocenters. The minimum Gasteiger partial charge on any atom is -0.497 e. The Kier molecular flexibility index (Phi) is 10.1. The molecule has 0 fully saturated rings. The molecule has 1 aromatic heterocycles. The summed E-state index contributed by atoms with van der Waals surface area (Å²) in [4.78, 5) is 22.6. The van der Waals surface area contributed by atoms with Crippen LogP contribution in [0, 0.1) is 0 Å². The average molecular weight is 521 g/mol. The number of aldehydes is 1. The molecule has 0 aliphatic carbocycles. The molecule has 1 heterocycles. The summed E-state index contributed by atoms with van der Waals surface area (Å²) in [6, 6.07) is 18.3. The van der Waals surface area contributed by atoms with Crippen molar-refractivity contribution in [2.45, 2.75) is 6.42 Å². The Labute approximate surface area is 221 Å². The molecule has 0 spiro atoms. The normalized spacial score (nSPS) is 10.2. The van der Waals surface area contributed by atoms with Gasteiger partial charge in [-0.15, -0.1) is 0 Å². The van der Waals surface area contributed by atoms with E-state index in [0.717, 1.165) is 40.7 Å². The molecule has 9 nitrogen and oxygen atoms in total. The maximum atomic E-state index is 11.8. The summed E-state index contributed by atoms with van der Waals surface area (Å²) >= 11 is 0. The summed E-state index contributed by atoms with van der Waals surface area (Å²) in [5.41, 5.74) is 8.21. The summed E-state index contributed by atoms with van der Waals surface area (Å²) in [7, 11) is 6.41. The molecule has 0 saturated heterocycles. The second kappa shape index (κ2) is 13.7. The zero-order chi connectivity index (χ0) is 27.5. The molecular weight excluding hydrogens is 488 g/mol. The predicted molar refractivity (Wildman–Crippen MR) is 148 cm³/mol. The summed E-state index contributed by atoms with van der Waals surface area (Å²) in [6.07, 6.45) is 1.56.